The standard InChI is InChI=1S/C9H11NO4S/c1-10(15(12,13)14)6-8-2-4-9(7-11)5-3-8/h2-5,7H,6H2,1H3,(H,12,13,14). The number of hydrogen-bond donors (Lipinski definition) is 1. The number of carbonyl (C=O) groups excluding carboxylic acids is 1. The first kappa shape index (κ1) is 11.8. The zero-order valence-electron chi connectivity index (χ0n) is 8.12. The van der Waals surface area contributed by atoms with Crippen LogP contribution in [0, 0.1) is 0 Å². The Morgan fingerprint density at radius 2 is 1.87 bits per heavy atom. The van der Waals surface area contributed by atoms with E-state index in [0.717, 1.165) is 4.31 Å². The van der Waals surface area contributed by atoms with Crippen LogP contribution in [0.3, 0.4) is 0 Å². The van der Waals surface area contributed by atoms with Crippen LogP contribution < -0.4 is 0 Å². The highest BCUT2D eigenvalue weighted by atomic mass is 32.2. The molecule has 1 aromatic carbocycles. The van der Waals surface area contributed by atoms with Gasteiger partial charge in [0.1, 0.15) is 6.29 Å². The summed E-state index contributed by atoms with van der Waals surface area (Å²) in [6.07, 6.45) is 0.705. The highest BCUT2D eigenvalue weighted by Crippen LogP contribution is 2.07. The van der Waals surface area contributed by atoms with Crippen LogP contribution in [0.15, 0.2) is 24.3 Å². The topological polar surface area (TPSA) is 74.7 Å². The van der Waals surface area contributed by atoms with Gasteiger partial charge in [0, 0.05) is 19.2 Å². The fourth-order valence-corrected chi connectivity index (χ4v) is 1.35. The van der Waals surface area contributed by atoms with Crippen LogP contribution >= 0.6 is 0 Å². The minimum atomic E-state index is -4.15. The van der Waals surface area contributed by atoms with E-state index in [1.54, 1.807) is 24.3 Å². The van der Waals surface area contributed by atoms with Crippen LogP contribution in [-0.2, 0) is 16.8 Å². The highest BCUT2D eigenvalue weighted by Gasteiger charge is 2.13. The van der Waals surface area contributed by atoms with Gasteiger partial charge in [0.05, 0.1) is 0 Å². The molecule has 0 heterocycles. The van der Waals surface area contributed by atoms with Crippen LogP contribution in [-0.4, -0.2) is 30.6 Å². The minimum absolute atomic E-state index is 0.0674. The van der Waals surface area contributed by atoms with Gasteiger partial charge in [-0.05, 0) is 5.56 Å². The number of benzene rings is 1. The maximum atomic E-state index is 10.7. The maximum absolute atomic E-state index is 10.7. The molecule has 0 aliphatic carbocycles. The number of hydrogen-bond acceptors (Lipinski definition) is 3. The molecule has 0 saturated carbocycles. The summed E-state index contributed by atoms with van der Waals surface area (Å²) in [6.45, 7) is 0.0674. The lowest BCUT2D eigenvalue weighted by Gasteiger charge is -2.12. The van der Waals surface area contributed by atoms with Crippen molar-refractivity contribution in [3.63, 3.8) is 0 Å². The van der Waals surface area contributed by atoms with Gasteiger partial charge in [0.25, 0.3) is 0 Å². The molecular weight excluding hydrogens is 218 g/mol. The SMILES string of the molecule is CN(Cc1ccc(C=O)cc1)S(=O)(=O)O. The molecule has 5 nitrogen and oxygen atoms in total. The predicted octanol–water partition coefficient (Wildman–Crippen LogP) is 0.734. The van der Waals surface area contributed by atoms with E-state index in [1.165, 1.54) is 7.05 Å². The van der Waals surface area contributed by atoms with Gasteiger partial charge in [-0.15, -0.1) is 0 Å². The fourth-order valence-electron chi connectivity index (χ4n) is 1.04. The quantitative estimate of drug-likeness (QED) is 0.610. The molecule has 0 atom stereocenters. The van der Waals surface area contributed by atoms with Gasteiger partial charge in [-0.2, -0.15) is 12.7 Å². The first-order valence-electron chi connectivity index (χ1n) is 4.16. The average Bonchev–Trinajstić information content (AvgIpc) is 2.17. The Morgan fingerprint density at radius 3 is 2.27 bits per heavy atom. The molecule has 0 saturated heterocycles. The van der Waals surface area contributed by atoms with Crippen molar-refractivity contribution >= 4 is 16.6 Å². The molecule has 0 aromatic heterocycles. The van der Waals surface area contributed by atoms with Crippen molar-refractivity contribution in [2.24, 2.45) is 0 Å². The Hall–Kier alpha value is -1.24. The Morgan fingerprint density at radius 1 is 1.33 bits per heavy atom. The summed E-state index contributed by atoms with van der Waals surface area (Å²) in [5, 5.41) is 0. The highest BCUT2D eigenvalue weighted by molar-refractivity contribution is 7.83. The van der Waals surface area contributed by atoms with Gasteiger partial charge in [-0.3, -0.25) is 9.35 Å². The molecular formula is C9H11NO4S. The molecule has 1 rings (SSSR count). The van der Waals surface area contributed by atoms with E-state index < -0.39 is 10.3 Å². The number of nitrogens with zero attached hydrogens (tertiary/aromatic N) is 1. The second kappa shape index (κ2) is 4.52. The third-order valence-electron chi connectivity index (χ3n) is 1.91. The third-order valence-corrected chi connectivity index (χ3v) is 2.83. The fraction of sp³-hybridized carbons (Fsp3) is 0.222. The first-order valence-corrected chi connectivity index (χ1v) is 5.56. The van der Waals surface area contributed by atoms with Gasteiger partial charge in [-0.25, -0.2) is 0 Å². The molecule has 0 aliphatic heterocycles. The summed E-state index contributed by atoms with van der Waals surface area (Å²) >= 11 is 0. The van der Waals surface area contributed by atoms with Crippen LogP contribution in [0.1, 0.15) is 15.9 Å². The molecule has 1 N–H and O–H groups in total. The summed E-state index contributed by atoms with van der Waals surface area (Å²) < 4.78 is 30.9. The lowest BCUT2D eigenvalue weighted by Crippen LogP contribution is -2.25. The molecule has 0 fully saturated rings. The normalized spacial score (nSPS) is 11.7. The molecule has 15 heavy (non-hydrogen) atoms. The van der Waals surface area contributed by atoms with Crippen molar-refractivity contribution in [3.05, 3.63) is 35.4 Å². The molecule has 0 bridgehead atoms. The summed E-state index contributed by atoms with van der Waals surface area (Å²) in [7, 11) is -2.89. The van der Waals surface area contributed by atoms with Crippen molar-refractivity contribution in [2.45, 2.75) is 6.54 Å². The van der Waals surface area contributed by atoms with E-state index in [-0.39, 0.29) is 6.54 Å². The van der Waals surface area contributed by atoms with Crippen LogP contribution in [0.25, 0.3) is 0 Å². The molecule has 6 heteroatoms. The van der Waals surface area contributed by atoms with Crippen molar-refractivity contribution in [1.82, 2.24) is 4.31 Å². The van der Waals surface area contributed by atoms with E-state index in [0.29, 0.717) is 17.4 Å². The average molecular weight is 229 g/mol. The maximum Gasteiger partial charge on any atom is 0.335 e. The summed E-state index contributed by atoms with van der Waals surface area (Å²) in [5.74, 6) is 0. The first-order chi connectivity index (χ1) is 6.93. The van der Waals surface area contributed by atoms with Crippen molar-refractivity contribution in [2.75, 3.05) is 7.05 Å². The van der Waals surface area contributed by atoms with Gasteiger partial charge in [-0.1, -0.05) is 24.3 Å². The summed E-state index contributed by atoms with van der Waals surface area (Å²) in [4.78, 5) is 10.4. The van der Waals surface area contributed by atoms with Gasteiger partial charge in [0.2, 0.25) is 0 Å². The Labute approximate surface area is 88.2 Å². The van der Waals surface area contributed by atoms with Gasteiger partial charge >= 0.3 is 10.3 Å². The lowest BCUT2D eigenvalue weighted by atomic mass is 10.1. The smallest absolute Gasteiger partial charge is 0.298 e. The molecule has 0 aliphatic rings. The van der Waals surface area contributed by atoms with Crippen LogP contribution in [0.2, 0.25) is 0 Å². The predicted molar refractivity (Wildman–Crippen MR) is 54.8 cm³/mol. The van der Waals surface area contributed by atoms with Gasteiger partial charge < -0.3 is 0 Å². The zero-order valence-corrected chi connectivity index (χ0v) is 8.94. The van der Waals surface area contributed by atoms with E-state index in [2.05, 4.69) is 0 Å². The van der Waals surface area contributed by atoms with E-state index in [9.17, 15) is 13.2 Å². The molecule has 0 radical (unpaired) electrons. The molecule has 82 valence electrons. The lowest BCUT2D eigenvalue weighted by molar-refractivity contribution is 0.112. The Balaban J connectivity index is 2.78. The van der Waals surface area contributed by atoms with E-state index in [1.807, 2.05) is 0 Å². The van der Waals surface area contributed by atoms with Crippen molar-refractivity contribution in [3.8, 4) is 0 Å². The minimum Gasteiger partial charge on any atom is -0.298 e. The van der Waals surface area contributed by atoms with Crippen LogP contribution in [0.5, 0.6) is 0 Å². The molecule has 0 amide bonds. The summed E-state index contributed by atoms with van der Waals surface area (Å²) in [6, 6.07) is 6.43. The largest absolute Gasteiger partial charge is 0.335 e. The van der Waals surface area contributed by atoms with E-state index >= 15 is 0 Å². The van der Waals surface area contributed by atoms with Gasteiger partial charge in [0.15, 0.2) is 0 Å². The molecule has 0 spiro atoms. The second-order valence-electron chi connectivity index (χ2n) is 3.09. The summed E-state index contributed by atoms with van der Waals surface area (Å²) in [5.41, 5.74) is 1.22. The van der Waals surface area contributed by atoms with Crippen LogP contribution in [0.4, 0.5) is 0 Å². The third kappa shape index (κ3) is 3.43. The zero-order chi connectivity index (χ0) is 11.5. The van der Waals surface area contributed by atoms with Crippen molar-refractivity contribution in [1.29, 1.82) is 0 Å². The van der Waals surface area contributed by atoms with Crippen molar-refractivity contribution < 1.29 is 17.8 Å². The Bertz CT molecular complexity index is 438. The number of carbonyl (C=O) groups is 1. The van der Waals surface area contributed by atoms with E-state index in [4.69, 9.17) is 4.55 Å². The monoisotopic (exact) mass is 229 g/mol. The number of aldehydes is 1. The molecule has 0 unspecified atom stereocenters. The number of rotatable bonds is 4. The molecule has 1 aromatic rings. The second-order valence-corrected chi connectivity index (χ2v) is 4.61. The Kier molecular flexibility index (Phi) is 3.57.